The Labute approximate surface area is 168 Å². The molecule has 6 nitrogen and oxygen atoms in total. The number of allylic oxidation sites excluding steroid dienone is 1. The molecule has 0 amide bonds. The maximum atomic E-state index is 12.8. The second-order valence-corrected chi connectivity index (χ2v) is 6.38. The van der Waals surface area contributed by atoms with Crippen LogP contribution < -0.4 is 10.1 Å². The van der Waals surface area contributed by atoms with Gasteiger partial charge >= 0.3 is 12.6 Å². The number of rotatable bonds is 9. The summed E-state index contributed by atoms with van der Waals surface area (Å²) in [5.41, 5.74) is 1.26. The van der Waals surface area contributed by atoms with Crippen LogP contribution in [0.2, 0.25) is 0 Å². The van der Waals surface area contributed by atoms with E-state index in [-0.39, 0.29) is 11.3 Å². The van der Waals surface area contributed by atoms with E-state index in [9.17, 15) is 13.6 Å². The Balaban J connectivity index is 2.41. The van der Waals surface area contributed by atoms with Gasteiger partial charge in [-0.3, -0.25) is 0 Å². The average Bonchev–Trinajstić information content (AvgIpc) is 2.66. The number of esters is 1. The molecule has 1 N–H and O–H groups in total. The number of alkyl halides is 2. The van der Waals surface area contributed by atoms with Gasteiger partial charge in [-0.15, -0.1) is 0 Å². The summed E-state index contributed by atoms with van der Waals surface area (Å²) in [4.78, 5) is 14.3. The number of nitrogens with one attached hydrogen (secondary N) is 1. The molecule has 2 rings (SSSR count). The molecule has 0 unspecified atom stereocenters. The number of methoxy groups -OCH3 is 1. The molecule has 154 valence electrons. The van der Waals surface area contributed by atoms with Crippen molar-refractivity contribution in [2.75, 3.05) is 26.9 Å². The largest absolute Gasteiger partial charge is 0.466 e. The number of carbonyl (C=O) groups is 1. The van der Waals surface area contributed by atoms with Crippen molar-refractivity contribution in [3.63, 3.8) is 0 Å². The van der Waals surface area contributed by atoms with Crippen LogP contribution in [0.1, 0.15) is 31.9 Å². The average molecular weight is 414 g/mol. The maximum absolute atomic E-state index is 12.8. The van der Waals surface area contributed by atoms with E-state index < -0.39 is 18.6 Å². The van der Waals surface area contributed by atoms with E-state index in [2.05, 4.69) is 10.1 Å². The maximum Gasteiger partial charge on any atom is 0.387 e. The number of carbonyl (C=O) groups excluding carboxylic acids is 1. The molecule has 0 bridgehead atoms. The van der Waals surface area contributed by atoms with Crippen molar-refractivity contribution in [3.8, 4) is 5.75 Å². The number of halogens is 2. The molecule has 28 heavy (non-hydrogen) atoms. The first-order valence-corrected chi connectivity index (χ1v) is 9.30. The number of hydrogen-bond acceptors (Lipinski definition) is 5. The van der Waals surface area contributed by atoms with Gasteiger partial charge in [0.2, 0.25) is 0 Å². The number of para-hydroxylation sites is 1. The molecule has 1 atom stereocenters. The summed E-state index contributed by atoms with van der Waals surface area (Å²) in [6.45, 7) is 2.40. The van der Waals surface area contributed by atoms with Gasteiger partial charge in [-0.05, 0) is 38.6 Å². The molecule has 1 heterocycles. The lowest BCUT2D eigenvalue weighted by atomic mass is 9.94. The van der Waals surface area contributed by atoms with Gasteiger partial charge in [-0.2, -0.15) is 8.78 Å². The summed E-state index contributed by atoms with van der Waals surface area (Å²) >= 11 is 5.46. The first-order valence-electron chi connectivity index (χ1n) is 8.89. The Bertz CT molecular complexity index is 742. The smallest absolute Gasteiger partial charge is 0.387 e. The number of nitrogens with zero attached hydrogens (tertiary/aromatic N) is 1. The second kappa shape index (κ2) is 10.3. The van der Waals surface area contributed by atoms with Gasteiger partial charge in [0.1, 0.15) is 5.75 Å². The first-order chi connectivity index (χ1) is 13.4. The van der Waals surface area contributed by atoms with Gasteiger partial charge in [-0.1, -0.05) is 18.2 Å². The molecule has 1 aliphatic heterocycles. The van der Waals surface area contributed by atoms with Crippen molar-refractivity contribution in [1.82, 2.24) is 10.2 Å². The topological polar surface area (TPSA) is 60.0 Å². The number of ether oxygens (including phenoxy) is 3. The van der Waals surface area contributed by atoms with Crippen LogP contribution in [-0.4, -0.2) is 49.5 Å². The first kappa shape index (κ1) is 22.0. The number of hydrogen-bond donors (Lipinski definition) is 1. The van der Waals surface area contributed by atoms with Gasteiger partial charge in [0.05, 0.1) is 18.7 Å². The summed E-state index contributed by atoms with van der Waals surface area (Å²) in [5, 5.41) is 3.45. The van der Waals surface area contributed by atoms with Gasteiger partial charge in [0.15, 0.2) is 5.11 Å². The lowest BCUT2D eigenvalue weighted by molar-refractivity contribution is -0.136. The highest BCUT2D eigenvalue weighted by atomic mass is 32.1. The molecular weight excluding hydrogens is 390 g/mol. The molecule has 1 aliphatic rings. The van der Waals surface area contributed by atoms with E-state index in [1.807, 2.05) is 6.92 Å². The SMILES string of the molecule is CCOCCCN1C(=S)N[C@@H](c2ccccc2OC(F)F)C(C(=O)OC)=C1C. The lowest BCUT2D eigenvalue weighted by Gasteiger charge is -2.37. The van der Waals surface area contributed by atoms with Crippen LogP contribution in [-0.2, 0) is 14.3 Å². The molecular formula is C19H24F2N2O4S. The summed E-state index contributed by atoms with van der Waals surface area (Å²) in [7, 11) is 1.27. The van der Waals surface area contributed by atoms with Crippen molar-refractivity contribution < 1.29 is 27.8 Å². The minimum Gasteiger partial charge on any atom is -0.466 e. The van der Waals surface area contributed by atoms with Crippen molar-refractivity contribution >= 4 is 23.3 Å². The van der Waals surface area contributed by atoms with Crippen LogP contribution in [0.25, 0.3) is 0 Å². The third-order valence-corrected chi connectivity index (χ3v) is 4.66. The van der Waals surface area contributed by atoms with Crippen molar-refractivity contribution in [2.24, 2.45) is 0 Å². The standard InChI is InChI=1S/C19H24F2N2O4S/c1-4-26-11-7-10-23-12(2)15(17(24)25-3)16(22-19(23)28)13-8-5-6-9-14(13)27-18(20)21/h5-6,8-9,16,18H,4,7,10-11H2,1-3H3,(H,22,28)/t16-/m0/s1. The van der Waals surface area contributed by atoms with Gasteiger partial charge in [0, 0.05) is 31.0 Å². The van der Waals surface area contributed by atoms with E-state index in [0.29, 0.717) is 42.6 Å². The van der Waals surface area contributed by atoms with Gasteiger partial charge in [0.25, 0.3) is 0 Å². The lowest BCUT2D eigenvalue weighted by Crippen LogP contribution is -2.48. The Morgan fingerprint density at radius 1 is 1.36 bits per heavy atom. The van der Waals surface area contributed by atoms with Gasteiger partial charge in [-0.25, -0.2) is 4.79 Å². The molecule has 0 spiro atoms. The predicted octanol–water partition coefficient (Wildman–Crippen LogP) is 3.39. The zero-order valence-corrected chi connectivity index (χ0v) is 16.9. The normalized spacial score (nSPS) is 17.0. The fourth-order valence-corrected chi connectivity index (χ4v) is 3.40. The predicted molar refractivity (Wildman–Crippen MR) is 104 cm³/mol. The molecule has 0 saturated carbocycles. The molecule has 0 fully saturated rings. The zero-order valence-electron chi connectivity index (χ0n) is 16.0. The highest BCUT2D eigenvalue weighted by Gasteiger charge is 2.36. The van der Waals surface area contributed by atoms with E-state index in [1.54, 1.807) is 30.0 Å². The van der Waals surface area contributed by atoms with Crippen molar-refractivity contribution in [3.05, 3.63) is 41.1 Å². The minimum atomic E-state index is -2.99. The molecule has 9 heteroatoms. The van der Waals surface area contributed by atoms with E-state index >= 15 is 0 Å². The number of thiocarbonyl (C=S) groups is 1. The minimum absolute atomic E-state index is 0.0307. The second-order valence-electron chi connectivity index (χ2n) is 5.99. The Hall–Kier alpha value is -2.26. The van der Waals surface area contributed by atoms with Crippen LogP contribution in [0.3, 0.4) is 0 Å². The summed E-state index contributed by atoms with van der Waals surface area (Å²) in [6.07, 6.45) is 0.706. The van der Waals surface area contributed by atoms with Crippen LogP contribution >= 0.6 is 12.2 Å². The Morgan fingerprint density at radius 2 is 2.07 bits per heavy atom. The quantitative estimate of drug-likeness (QED) is 0.378. The fourth-order valence-electron chi connectivity index (χ4n) is 3.05. The Kier molecular flexibility index (Phi) is 8.13. The highest BCUT2D eigenvalue weighted by Crippen LogP contribution is 2.36. The summed E-state index contributed by atoms with van der Waals surface area (Å²) in [6, 6.07) is 5.52. The van der Waals surface area contributed by atoms with Crippen molar-refractivity contribution in [2.45, 2.75) is 32.9 Å². The molecule has 0 aromatic heterocycles. The molecule has 1 aromatic carbocycles. The summed E-state index contributed by atoms with van der Waals surface area (Å²) in [5.74, 6) is -0.601. The van der Waals surface area contributed by atoms with Crippen molar-refractivity contribution in [1.29, 1.82) is 0 Å². The van der Waals surface area contributed by atoms with Crippen LogP contribution in [0.5, 0.6) is 5.75 Å². The highest BCUT2D eigenvalue weighted by molar-refractivity contribution is 7.80. The van der Waals surface area contributed by atoms with Gasteiger partial charge < -0.3 is 24.4 Å². The van der Waals surface area contributed by atoms with E-state index in [4.69, 9.17) is 21.7 Å². The third kappa shape index (κ3) is 5.17. The third-order valence-electron chi connectivity index (χ3n) is 4.32. The molecule has 0 saturated heterocycles. The van der Waals surface area contributed by atoms with E-state index in [0.717, 1.165) is 0 Å². The van der Waals surface area contributed by atoms with Crippen LogP contribution in [0, 0.1) is 0 Å². The molecule has 0 aliphatic carbocycles. The zero-order chi connectivity index (χ0) is 20.7. The Morgan fingerprint density at radius 3 is 2.71 bits per heavy atom. The monoisotopic (exact) mass is 414 g/mol. The molecule has 1 aromatic rings. The number of benzene rings is 1. The van der Waals surface area contributed by atoms with Crippen LogP contribution in [0.15, 0.2) is 35.5 Å². The summed E-state index contributed by atoms with van der Waals surface area (Å²) < 4.78 is 40.5. The molecule has 0 radical (unpaired) electrons. The van der Waals surface area contributed by atoms with E-state index in [1.165, 1.54) is 13.2 Å². The van der Waals surface area contributed by atoms with Crippen LogP contribution in [0.4, 0.5) is 8.78 Å². The fraction of sp³-hybridized carbons (Fsp3) is 0.474.